The molecule has 186 valence electrons. The van der Waals surface area contributed by atoms with Gasteiger partial charge in [-0.3, -0.25) is 4.98 Å². The van der Waals surface area contributed by atoms with Crippen molar-refractivity contribution in [1.29, 1.82) is 0 Å². The summed E-state index contributed by atoms with van der Waals surface area (Å²) in [6.07, 6.45) is 3.49. The fourth-order valence-corrected chi connectivity index (χ4v) is 4.18. The SMILES string of the molecule is COc1ccc2c(Cc3c(Cl)cncc3Cl)nnc(-c3cccc(OCC(=O)OC(C)(C)C)c3)c2c1. The molecule has 4 aromatic rings. The van der Waals surface area contributed by atoms with Crippen molar-refractivity contribution in [2.75, 3.05) is 13.7 Å². The highest BCUT2D eigenvalue weighted by Gasteiger charge is 2.18. The molecular formula is C27H25Cl2N3O4. The van der Waals surface area contributed by atoms with Crippen LogP contribution in [0, 0.1) is 0 Å². The lowest BCUT2D eigenvalue weighted by Gasteiger charge is -2.19. The molecule has 0 spiro atoms. The smallest absolute Gasteiger partial charge is 0.344 e. The summed E-state index contributed by atoms with van der Waals surface area (Å²) in [5.74, 6) is 0.747. The number of methoxy groups -OCH3 is 1. The average Bonchev–Trinajstić information content (AvgIpc) is 2.84. The van der Waals surface area contributed by atoms with Crippen LogP contribution in [0.5, 0.6) is 11.5 Å². The molecule has 0 fully saturated rings. The molecule has 0 N–H and O–H groups in total. The fourth-order valence-electron chi connectivity index (χ4n) is 3.68. The second-order valence-electron chi connectivity index (χ2n) is 9.07. The molecule has 0 unspecified atom stereocenters. The maximum Gasteiger partial charge on any atom is 0.344 e. The Hall–Kier alpha value is -3.42. The number of benzene rings is 2. The van der Waals surface area contributed by atoms with Gasteiger partial charge in [0.15, 0.2) is 6.61 Å². The van der Waals surface area contributed by atoms with Gasteiger partial charge < -0.3 is 14.2 Å². The van der Waals surface area contributed by atoms with E-state index >= 15 is 0 Å². The van der Waals surface area contributed by atoms with Crippen molar-refractivity contribution in [3.05, 3.63) is 76.2 Å². The van der Waals surface area contributed by atoms with E-state index in [2.05, 4.69) is 15.2 Å². The van der Waals surface area contributed by atoms with Gasteiger partial charge in [-0.05, 0) is 56.7 Å². The molecule has 0 bridgehead atoms. The largest absolute Gasteiger partial charge is 0.497 e. The average molecular weight is 526 g/mol. The minimum atomic E-state index is -0.581. The summed E-state index contributed by atoms with van der Waals surface area (Å²) < 4.78 is 16.5. The van der Waals surface area contributed by atoms with Crippen LogP contribution in [0.15, 0.2) is 54.9 Å². The van der Waals surface area contributed by atoms with E-state index in [4.69, 9.17) is 37.4 Å². The third-order valence-electron chi connectivity index (χ3n) is 5.24. The molecular weight excluding hydrogens is 501 g/mol. The van der Waals surface area contributed by atoms with Gasteiger partial charge in [0, 0.05) is 35.2 Å². The Bertz CT molecular complexity index is 1400. The van der Waals surface area contributed by atoms with Crippen LogP contribution in [0.25, 0.3) is 22.0 Å². The number of aromatic nitrogens is 3. The number of fused-ring (bicyclic) bond motifs is 1. The molecule has 0 aliphatic rings. The molecule has 2 aromatic carbocycles. The molecule has 0 aliphatic carbocycles. The molecule has 2 heterocycles. The number of halogens is 2. The Morgan fingerprint density at radius 3 is 2.39 bits per heavy atom. The minimum absolute atomic E-state index is 0.201. The van der Waals surface area contributed by atoms with Crippen molar-refractivity contribution in [1.82, 2.24) is 15.2 Å². The summed E-state index contributed by atoms with van der Waals surface area (Å²) in [5.41, 5.74) is 2.27. The first-order valence-corrected chi connectivity index (χ1v) is 12.0. The predicted molar refractivity (Wildman–Crippen MR) is 140 cm³/mol. The summed E-state index contributed by atoms with van der Waals surface area (Å²) in [4.78, 5) is 16.1. The molecule has 9 heteroatoms. The van der Waals surface area contributed by atoms with Crippen molar-refractivity contribution in [3.63, 3.8) is 0 Å². The van der Waals surface area contributed by atoms with Gasteiger partial charge in [-0.2, -0.15) is 5.10 Å². The normalized spacial score (nSPS) is 11.4. The van der Waals surface area contributed by atoms with Gasteiger partial charge in [0.1, 0.15) is 22.8 Å². The summed E-state index contributed by atoms with van der Waals surface area (Å²) in [6.45, 7) is 5.23. The number of nitrogens with zero attached hydrogens (tertiary/aromatic N) is 3. The van der Waals surface area contributed by atoms with Crippen molar-refractivity contribution >= 4 is 39.9 Å². The first kappa shape index (κ1) is 25.7. The molecule has 0 saturated heterocycles. The summed E-state index contributed by atoms with van der Waals surface area (Å²) >= 11 is 12.7. The van der Waals surface area contributed by atoms with E-state index in [0.29, 0.717) is 39.4 Å². The number of carbonyl (C=O) groups is 1. The maximum absolute atomic E-state index is 12.1. The standard InChI is InChI=1S/C27H25Cl2N3O4/c1-27(2,3)36-25(33)15-35-18-7-5-6-16(10-18)26-20-11-17(34-4)8-9-19(20)24(31-32-26)12-21-22(28)13-30-14-23(21)29/h5-11,13-14H,12,15H2,1-4H3. The zero-order chi connectivity index (χ0) is 25.9. The lowest BCUT2D eigenvalue weighted by atomic mass is 10.00. The number of rotatable bonds is 7. The van der Waals surface area contributed by atoms with Crippen LogP contribution >= 0.6 is 23.2 Å². The number of hydrogen-bond acceptors (Lipinski definition) is 7. The Morgan fingerprint density at radius 2 is 1.69 bits per heavy atom. The predicted octanol–water partition coefficient (Wildman–Crippen LogP) is 6.32. The monoisotopic (exact) mass is 525 g/mol. The zero-order valence-electron chi connectivity index (χ0n) is 20.3. The molecule has 0 radical (unpaired) electrons. The second-order valence-corrected chi connectivity index (χ2v) is 9.88. The third-order valence-corrected chi connectivity index (χ3v) is 5.90. The zero-order valence-corrected chi connectivity index (χ0v) is 21.9. The lowest BCUT2D eigenvalue weighted by Crippen LogP contribution is -2.27. The Balaban J connectivity index is 1.70. The minimum Gasteiger partial charge on any atom is -0.497 e. The molecule has 0 saturated carbocycles. The Labute approximate surface area is 219 Å². The first-order valence-electron chi connectivity index (χ1n) is 11.2. The van der Waals surface area contributed by atoms with Crippen LogP contribution in [0.2, 0.25) is 10.0 Å². The van der Waals surface area contributed by atoms with Crippen molar-refractivity contribution in [3.8, 4) is 22.8 Å². The van der Waals surface area contributed by atoms with Crippen LogP contribution < -0.4 is 9.47 Å². The van der Waals surface area contributed by atoms with Crippen LogP contribution in [0.1, 0.15) is 32.0 Å². The van der Waals surface area contributed by atoms with Gasteiger partial charge in [0.2, 0.25) is 0 Å². The van der Waals surface area contributed by atoms with Crippen LogP contribution in [0.4, 0.5) is 0 Å². The number of ether oxygens (including phenoxy) is 3. The van der Waals surface area contributed by atoms with Crippen LogP contribution in [-0.2, 0) is 16.0 Å². The van der Waals surface area contributed by atoms with Gasteiger partial charge in [0.25, 0.3) is 0 Å². The van der Waals surface area contributed by atoms with Gasteiger partial charge in [-0.25, -0.2) is 4.79 Å². The third kappa shape index (κ3) is 6.04. The highest BCUT2D eigenvalue weighted by atomic mass is 35.5. The molecule has 0 atom stereocenters. The summed E-state index contributed by atoms with van der Waals surface area (Å²) in [6, 6.07) is 13.0. The number of hydrogen-bond donors (Lipinski definition) is 0. The highest BCUT2D eigenvalue weighted by Crippen LogP contribution is 2.34. The number of pyridine rings is 1. The van der Waals surface area contributed by atoms with Crippen LogP contribution in [0.3, 0.4) is 0 Å². The van der Waals surface area contributed by atoms with Gasteiger partial charge in [-0.15, -0.1) is 5.10 Å². The quantitative estimate of drug-likeness (QED) is 0.261. The number of carbonyl (C=O) groups excluding carboxylic acids is 1. The molecule has 7 nitrogen and oxygen atoms in total. The van der Waals surface area contributed by atoms with Gasteiger partial charge in [0.05, 0.1) is 22.8 Å². The van der Waals surface area contributed by atoms with Gasteiger partial charge in [-0.1, -0.05) is 35.3 Å². The van der Waals surface area contributed by atoms with E-state index in [0.717, 1.165) is 21.9 Å². The molecule has 0 aliphatic heterocycles. The molecule has 0 amide bonds. The fraction of sp³-hybridized carbons (Fsp3) is 0.259. The van der Waals surface area contributed by atoms with E-state index in [1.165, 1.54) is 0 Å². The second kappa shape index (κ2) is 10.7. The van der Waals surface area contributed by atoms with E-state index in [-0.39, 0.29) is 6.61 Å². The van der Waals surface area contributed by atoms with E-state index in [1.54, 1.807) is 25.6 Å². The summed E-state index contributed by atoms with van der Waals surface area (Å²) in [5, 5.41) is 11.7. The lowest BCUT2D eigenvalue weighted by molar-refractivity contribution is -0.157. The van der Waals surface area contributed by atoms with Crippen LogP contribution in [-0.4, -0.2) is 40.5 Å². The summed E-state index contributed by atoms with van der Waals surface area (Å²) in [7, 11) is 1.61. The number of esters is 1. The molecule has 2 aromatic heterocycles. The van der Waals surface area contributed by atoms with Crippen molar-refractivity contribution < 1.29 is 19.0 Å². The van der Waals surface area contributed by atoms with E-state index in [1.807, 2.05) is 57.2 Å². The molecule has 36 heavy (non-hydrogen) atoms. The van der Waals surface area contributed by atoms with Gasteiger partial charge >= 0.3 is 5.97 Å². The van der Waals surface area contributed by atoms with Crippen molar-refractivity contribution in [2.45, 2.75) is 32.8 Å². The Morgan fingerprint density at radius 1 is 0.944 bits per heavy atom. The Kier molecular flexibility index (Phi) is 7.62. The highest BCUT2D eigenvalue weighted by molar-refractivity contribution is 6.35. The molecule has 4 rings (SSSR count). The topological polar surface area (TPSA) is 83.4 Å². The first-order chi connectivity index (χ1) is 17.1. The maximum atomic E-state index is 12.1. The van der Waals surface area contributed by atoms with E-state index in [9.17, 15) is 4.79 Å². The van der Waals surface area contributed by atoms with Crippen molar-refractivity contribution in [2.24, 2.45) is 0 Å². The van der Waals surface area contributed by atoms with E-state index < -0.39 is 11.6 Å².